The molecule has 0 saturated heterocycles. The van der Waals surface area contributed by atoms with Crippen LogP contribution in [0.25, 0.3) is 6.08 Å². The summed E-state index contributed by atoms with van der Waals surface area (Å²) in [5.74, 6) is 0. The fraction of sp³-hybridized carbons (Fsp3) is 0.111. The predicted molar refractivity (Wildman–Crippen MR) is 42.0 cm³/mol. The van der Waals surface area contributed by atoms with Gasteiger partial charge in [0.2, 0.25) is 0 Å². The lowest BCUT2D eigenvalue weighted by atomic mass is 10.0. The molecular formula is C9H8NO. The van der Waals surface area contributed by atoms with Crippen molar-refractivity contribution in [3.05, 3.63) is 41.6 Å². The minimum absolute atomic E-state index is 0.795. The molecule has 1 N–H and O–H groups in total. The average molecular weight is 146 g/mol. The lowest BCUT2D eigenvalue weighted by Crippen LogP contribution is -2.17. The van der Waals surface area contributed by atoms with Crippen molar-refractivity contribution in [2.75, 3.05) is 0 Å². The molecular weight excluding hydrogens is 138 g/mol. The molecule has 1 heterocycles. The number of nitrogens with one attached hydrogen (secondary N) is 1. The molecule has 0 spiro atoms. The minimum Gasteiger partial charge on any atom is -0.360 e. The topological polar surface area (TPSA) is 31.9 Å². The van der Waals surface area contributed by atoms with E-state index < -0.39 is 6.23 Å². The maximum atomic E-state index is 11.2. The van der Waals surface area contributed by atoms with Gasteiger partial charge in [-0.2, -0.15) is 0 Å². The lowest BCUT2D eigenvalue weighted by Gasteiger charge is -2.15. The van der Waals surface area contributed by atoms with Gasteiger partial charge in [-0.05, 0) is 17.8 Å². The lowest BCUT2D eigenvalue weighted by molar-refractivity contribution is 0.0697. The van der Waals surface area contributed by atoms with Crippen LogP contribution in [-0.2, 0) is 5.11 Å². The summed E-state index contributed by atoms with van der Waals surface area (Å²) in [7, 11) is 0. The van der Waals surface area contributed by atoms with Crippen LogP contribution >= 0.6 is 0 Å². The zero-order valence-electron chi connectivity index (χ0n) is 5.95. The van der Waals surface area contributed by atoms with E-state index in [1.807, 2.05) is 30.3 Å². The van der Waals surface area contributed by atoms with Crippen LogP contribution in [0.5, 0.6) is 0 Å². The van der Waals surface area contributed by atoms with Gasteiger partial charge in [0.15, 0.2) is 6.23 Å². The highest BCUT2D eigenvalue weighted by Gasteiger charge is 2.12. The minimum atomic E-state index is -0.795. The molecule has 0 saturated carbocycles. The van der Waals surface area contributed by atoms with Crippen LogP contribution in [-0.4, -0.2) is 0 Å². The summed E-state index contributed by atoms with van der Waals surface area (Å²) in [6, 6.07) is 7.60. The van der Waals surface area contributed by atoms with Gasteiger partial charge in [-0.1, -0.05) is 24.3 Å². The normalized spacial score (nSPS) is 20.6. The molecule has 1 aliphatic heterocycles. The SMILES string of the molecule is [O]C1NC=Cc2ccccc21. The third-order valence-corrected chi connectivity index (χ3v) is 1.79. The van der Waals surface area contributed by atoms with Crippen molar-refractivity contribution >= 4 is 6.08 Å². The Balaban J connectivity index is 2.54. The average Bonchev–Trinajstić information content (AvgIpc) is 2.06. The molecule has 1 radical (unpaired) electrons. The van der Waals surface area contributed by atoms with Crippen molar-refractivity contribution in [1.29, 1.82) is 0 Å². The molecule has 1 aromatic rings. The molecule has 0 aliphatic carbocycles. The van der Waals surface area contributed by atoms with Crippen molar-refractivity contribution in [3.8, 4) is 0 Å². The van der Waals surface area contributed by atoms with Gasteiger partial charge in [0.05, 0.1) is 0 Å². The van der Waals surface area contributed by atoms with Gasteiger partial charge in [-0.15, -0.1) is 0 Å². The van der Waals surface area contributed by atoms with Crippen LogP contribution < -0.4 is 5.32 Å². The molecule has 1 atom stereocenters. The van der Waals surface area contributed by atoms with Gasteiger partial charge in [-0.3, -0.25) is 0 Å². The van der Waals surface area contributed by atoms with Gasteiger partial charge < -0.3 is 5.32 Å². The first-order valence-corrected chi connectivity index (χ1v) is 3.55. The highest BCUT2D eigenvalue weighted by atomic mass is 16.3. The van der Waals surface area contributed by atoms with E-state index in [1.165, 1.54) is 0 Å². The highest BCUT2D eigenvalue weighted by Crippen LogP contribution is 2.20. The van der Waals surface area contributed by atoms with Crippen molar-refractivity contribution in [1.82, 2.24) is 5.32 Å². The van der Waals surface area contributed by atoms with Crippen LogP contribution in [0.3, 0.4) is 0 Å². The summed E-state index contributed by atoms with van der Waals surface area (Å²) >= 11 is 0. The van der Waals surface area contributed by atoms with Gasteiger partial charge >= 0.3 is 0 Å². The van der Waals surface area contributed by atoms with E-state index >= 15 is 0 Å². The zero-order valence-corrected chi connectivity index (χ0v) is 5.95. The zero-order chi connectivity index (χ0) is 7.68. The second kappa shape index (κ2) is 2.40. The van der Waals surface area contributed by atoms with Crippen molar-refractivity contribution < 1.29 is 5.11 Å². The van der Waals surface area contributed by atoms with Crippen LogP contribution in [0.2, 0.25) is 0 Å². The van der Waals surface area contributed by atoms with Crippen molar-refractivity contribution in [3.63, 3.8) is 0 Å². The summed E-state index contributed by atoms with van der Waals surface area (Å²) in [5.41, 5.74) is 1.85. The first kappa shape index (κ1) is 6.43. The molecule has 1 aromatic carbocycles. The maximum absolute atomic E-state index is 11.2. The van der Waals surface area contributed by atoms with Crippen LogP contribution in [0.4, 0.5) is 0 Å². The molecule has 2 rings (SSSR count). The Hall–Kier alpha value is -1.28. The van der Waals surface area contributed by atoms with E-state index in [2.05, 4.69) is 5.32 Å². The van der Waals surface area contributed by atoms with Crippen LogP contribution in [0, 0.1) is 0 Å². The summed E-state index contributed by atoms with van der Waals surface area (Å²) in [4.78, 5) is 0. The quantitative estimate of drug-likeness (QED) is 0.593. The van der Waals surface area contributed by atoms with Gasteiger partial charge in [0, 0.05) is 5.56 Å². The number of hydrogen-bond donors (Lipinski definition) is 1. The molecule has 0 fully saturated rings. The number of hydrogen-bond acceptors (Lipinski definition) is 1. The van der Waals surface area contributed by atoms with Crippen molar-refractivity contribution in [2.24, 2.45) is 0 Å². The van der Waals surface area contributed by atoms with E-state index in [9.17, 15) is 5.11 Å². The Bertz CT molecular complexity index is 293. The molecule has 11 heavy (non-hydrogen) atoms. The van der Waals surface area contributed by atoms with Gasteiger partial charge in [0.1, 0.15) is 0 Å². The largest absolute Gasteiger partial charge is 0.360 e. The molecule has 1 aliphatic rings. The van der Waals surface area contributed by atoms with Crippen LogP contribution in [0.15, 0.2) is 30.5 Å². The number of fused-ring (bicyclic) bond motifs is 1. The summed E-state index contributed by atoms with van der Waals surface area (Å²) in [6.07, 6.45) is 2.81. The molecule has 0 bridgehead atoms. The molecule has 0 aromatic heterocycles. The maximum Gasteiger partial charge on any atom is 0.188 e. The predicted octanol–water partition coefficient (Wildman–Crippen LogP) is 1.69. The molecule has 2 heteroatoms. The second-order valence-corrected chi connectivity index (χ2v) is 2.51. The first-order valence-electron chi connectivity index (χ1n) is 3.55. The Morgan fingerprint density at radius 3 is 2.91 bits per heavy atom. The fourth-order valence-electron chi connectivity index (χ4n) is 1.22. The van der Waals surface area contributed by atoms with Crippen molar-refractivity contribution in [2.45, 2.75) is 6.23 Å². The summed E-state index contributed by atoms with van der Waals surface area (Å²) < 4.78 is 0. The third-order valence-electron chi connectivity index (χ3n) is 1.79. The van der Waals surface area contributed by atoms with E-state index in [0.717, 1.165) is 11.1 Å². The number of benzene rings is 1. The molecule has 0 amide bonds. The first-order chi connectivity index (χ1) is 5.38. The van der Waals surface area contributed by atoms with Gasteiger partial charge in [-0.25, -0.2) is 5.11 Å². The molecule has 1 unspecified atom stereocenters. The van der Waals surface area contributed by atoms with E-state index in [-0.39, 0.29) is 0 Å². The van der Waals surface area contributed by atoms with Crippen LogP contribution in [0.1, 0.15) is 17.4 Å². The van der Waals surface area contributed by atoms with Gasteiger partial charge in [0.25, 0.3) is 0 Å². The molecule has 2 nitrogen and oxygen atoms in total. The number of rotatable bonds is 0. The van der Waals surface area contributed by atoms with E-state index in [0.29, 0.717) is 0 Å². The molecule has 55 valence electrons. The summed E-state index contributed by atoms with van der Waals surface area (Å²) in [5, 5.41) is 13.9. The highest BCUT2D eigenvalue weighted by molar-refractivity contribution is 5.56. The fourth-order valence-corrected chi connectivity index (χ4v) is 1.22. The Kier molecular flexibility index (Phi) is 1.40. The Labute approximate surface area is 65.2 Å². The second-order valence-electron chi connectivity index (χ2n) is 2.51. The van der Waals surface area contributed by atoms with E-state index in [1.54, 1.807) is 6.20 Å². The third kappa shape index (κ3) is 1.01. The monoisotopic (exact) mass is 146 g/mol. The smallest absolute Gasteiger partial charge is 0.188 e. The van der Waals surface area contributed by atoms with E-state index in [4.69, 9.17) is 0 Å². The standard InChI is InChI=1S/C9H8NO/c11-9-8-4-2-1-3-7(8)5-6-10-9/h1-6,9-10H. The Morgan fingerprint density at radius 1 is 1.27 bits per heavy atom. The Morgan fingerprint density at radius 2 is 2.09 bits per heavy atom. The summed E-state index contributed by atoms with van der Waals surface area (Å²) in [6.45, 7) is 0.